The van der Waals surface area contributed by atoms with Crippen LogP contribution in [0.2, 0.25) is 5.02 Å². The van der Waals surface area contributed by atoms with E-state index in [2.05, 4.69) is 10.6 Å². The fourth-order valence-corrected chi connectivity index (χ4v) is 2.12. The summed E-state index contributed by atoms with van der Waals surface area (Å²) in [6, 6.07) is 10.3. The molecule has 2 N–H and O–H groups in total. The Hall–Kier alpha value is -2.31. The number of hydrogen-bond acceptors (Lipinski definition) is 4. The fourth-order valence-electron chi connectivity index (χ4n) is 1.99. The first-order chi connectivity index (χ1) is 11.0. The van der Waals surface area contributed by atoms with Crippen LogP contribution in [-0.2, 0) is 17.9 Å². The van der Waals surface area contributed by atoms with Gasteiger partial charge >= 0.3 is 6.03 Å². The first-order valence-electron chi connectivity index (χ1n) is 7.06. The number of nitrogens with one attached hydrogen (secondary N) is 2. The zero-order valence-electron chi connectivity index (χ0n) is 12.7. The lowest BCUT2D eigenvalue weighted by Crippen LogP contribution is -2.43. The molecule has 0 atom stereocenters. The second-order valence-electron chi connectivity index (χ2n) is 5.11. The van der Waals surface area contributed by atoms with Crippen molar-refractivity contribution >= 4 is 23.5 Å². The smallest absolute Gasteiger partial charge is 0.321 e. The largest absolute Gasteiger partial charge is 0.467 e. The Balaban J connectivity index is 1.70. The van der Waals surface area contributed by atoms with Gasteiger partial charge < -0.3 is 9.73 Å². The lowest BCUT2D eigenvalue weighted by Gasteiger charge is -2.16. The molecule has 1 aromatic carbocycles. The summed E-state index contributed by atoms with van der Waals surface area (Å²) in [6.45, 7) is 0.919. The summed E-state index contributed by atoms with van der Waals surface area (Å²) in [4.78, 5) is 25.2. The van der Waals surface area contributed by atoms with Crippen LogP contribution < -0.4 is 10.6 Å². The third-order valence-corrected chi connectivity index (χ3v) is 3.29. The number of furan rings is 1. The molecule has 1 aromatic heterocycles. The van der Waals surface area contributed by atoms with Crippen LogP contribution in [-0.4, -0.2) is 30.4 Å². The predicted molar refractivity (Wildman–Crippen MR) is 86.9 cm³/mol. The van der Waals surface area contributed by atoms with Crippen LogP contribution in [0.25, 0.3) is 0 Å². The van der Waals surface area contributed by atoms with E-state index < -0.39 is 6.03 Å². The number of carbonyl (C=O) groups excluding carboxylic acids is 2. The number of rotatable bonds is 6. The highest BCUT2D eigenvalue weighted by Crippen LogP contribution is 2.10. The first-order valence-corrected chi connectivity index (χ1v) is 7.44. The van der Waals surface area contributed by atoms with Gasteiger partial charge in [-0.05, 0) is 36.9 Å². The van der Waals surface area contributed by atoms with Crippen LogP contribution in [0.15, 0.2) is 47.1 Å². The standard InChI is InChI=1S/C16H18ClN3O3/c1-20(10-12-4-6-13(17)7-5-12)11-15(21)19-16(22)18-9-14-3-2-8-23-14/h2-8H,9-11H2,1H3,(H2,18,19,21,22). The predicted octanol–water partition coefficient (Wildman–Crippen LogP) is 2.39. The summed E-state index contributed by atoms with van der Waals surface area (Å²) in [6.07, 6.45) is 1.52. The minimum absolute atomic E-state index is 0.108. The van der Waals surface area contributed by atoms with Crippen LogP contribution in [0.5, 0.6) is 0 Å². The first kappa shape index (κ1) is 17.1. The lowest BCUT2D eigenvalue weighted by atomic mass is 10.2. The fraction of sp³-hybridized carbons (Fsp3) is 0.250. The van der Waals surface area contributed by atoms with Crippen molar-refractivity contribution in [1.82, 2.24) is 15.5 Å². The zero-order chi connectivity index (χ0) is 16.7. The van der Waals surface area contributed by atoms with Crippen LogP contribution >= 0.6 is 11.6 Å². The third kappa shape index (κ3) is 6.14. The Labute approximate surface area is 139 Å². The molecular weight excluding hydrogens is 318 g/mol. The molecule has 0 aliphatic rings. The Bertz CT molecular complexity index is 641. The number of amides is 3. The molecule has 0 unspecified atom stereocenters. The van der Waals surface area contributed by atoms with E-state index in [0.717, 1.165) is 5.56 Å². The van der Waals surface area contributed by atoms with Crippen molar-refractivity contribution in [2.75, 3.05) is 13.6 Å². The molecule has 0 fully saturated rings. The van der Waals surface area contributed by atoms with Crippen LogP contribution in [0, 0.1) is 0 Å². The number of imide groups is 1. The molecule has 0 radical (unpaired) electrons. The van der Waals surface area contributed by atoms with E-state index in [1.807, 2.05) is 12.1 Å². The van der Waals surface area contributed by atoms with E-state index in [1.165, 1.54) is 6.26 Å². The van der Waals surface area contributed by atoms with Crippen molar-refractivity contribution in [3.63, 3.8) is 0 Å². The number of urea groups is 1. The molecule has 3 amide bonds. The summed E-state index contributed by atoms with van der Waals surface area (Å²) >= 11 is 5.83. The molecule has 1 heterocycles. The van der Waals surface area contributed by atoms with Gasteiger partial charge in [0, 0.05) is 11.6 Å². The molecule has 23 heavy (non-hydrogen) atoms. The molecule has 0 aliphatic carbocycles. The van der Waals surface area contributed by atoms with Gasteiger partial charge in [0.2, 0.25) is 5.91 Å². The van der Waals surface area contributed by atoms with E-state index in [9.17, 15) is 9.59 Å². The van der Waals surface area contributed by atoms with Crippen molar-refractivity contribution in [2.24, 2.45) is 0 Å². The van der Waals surface area contributed by atoms with Gasteiger partial charge in [-0.2, -0.15) is 0 Å². The molecular formula is C16H18ClN3O3. The second kappa shape index (κ2) is 8.36. The summed E-state index contributed by atoms with van der Waals surface area (Å²) < 4.78 is 5.08. The Morgan fingerprint density at radius 1 is 1.22 bits per heavy atom. The van der Waals surface area contributed by atoms with Gasteiger partial charge in [0.15, 0.2) is 0 Å². The summed E-state index contributed by atoms with van der Waals surface area (Å²) in [5.41, 5.74) is 1.03. The number of likely N-dealkylation sites (N-methyl/N-ethyl adjacent to an activating group) is 1. The van der Waals surface area contributed by atoms with Crippen molar-refractivity contribution in [2.45, 2.75) is 13.1 Å². The minimum Gasteiger partial charge on any atom is -0.467 e. The highest BCUT2D eigenvalue weighted by molar-refractivity contribution is 6.30. The topological polar surface area (TPSA) is 74.6 Å². The van der Waals surface area contributed by atoms with Gasteiger partial charge in [-0.15, -0.1) is 0 Å². The summed E-state index contributed by atoms with van der Waals surface area (Å²) in [5.74, 6) is 0.242. The maximum absolute atomic E-state index is 11.8. The van der Waals surface area contributed by atoms with Gasteiger partial charge in [-0.1, -0.05) is 23.7 Å². The summed E-state index contributed by atoms with van der Waals surface area (Å²) in [7, 11) is 1.80. The average molecular weight is 336 g/mol. The van der Waals surface area contributed by atoms with Gasteiger partial charge in [-0.25, -0.2) is 4.79 Å². The molecule has 122 valence electrons. The van der Waals surface area contributed by atoms with E-state index in [1.54, 1.807) is 36.2 Å². The van der Waals surface area contributed by atoms with E-state index in [0.29, 0.717) is 17.3 Å². The van der Waals surface area contributed by atoms with Crippen molar-refractivity contribution in [3.8, 4) is 0 Å². The number of benzene rings is 1. The van der Waals surface area contributed by atoms with E-state index in [-0.39, 0.29) is 19.0 Å². The number of carbonyl (C=O) groups is 2. The Morgan fingerprint density at radius 2 is 1.96 bits per heavy atom. The van der Waals surface area contributed by atoms with Crippen molar-refractivity contribution in [3.05, 3.63) is 59.0 Å². The van der Waals surface area contributed by atoms with Gasteiger partial charge in [0.25, 0.3) is 0 Å². The van der Waals surface area contributed by atoms with Gasteiger partial charge in [-0.3, -0.25) is 15.0 Å². The van der Waals surface area contributed by atoms with Crippen LogP contribution in [0.1, 0.15) is 11.3 Å². The number of nitrogens with zero attached hydrogens (tertiary/aromatic N) is 1. The maximum atomic E-state index is 11.8. The molecule has 2 rings (SSSR count). The SMILES string of the molecule is CN(CC(=O)NC(=O)NCc1ccco1)Cc1ccc(Cl)cc1. The zero-order valence-corrected chi connectivity index (χ0v) is 13.5. The molecule has 6 nitrogen and oxygen atoms in total. The second-order valence-corrected chi connectivity index (χ2v) is 5.55. The number of halogens is 1. The van der Waals surface area contributed by atoms with Crippen LogP contribution in [0.3, 0.4) is 0 Å². The monoisotopic (exact) mass is 335 g/mol. The maximum Gasteiger partial charge on any atom is 0.321 e. The molecule has 7 heteroatoms. The quantitative estimate of drug-likeness (QED) is 0.850. The molecule has 0 spiro atoms. The van der Waals surface area contributed by atoms with Gasteiger partial charge in [0.1, 0.15) is 5.76 Å². The van der Waals surface area contributed by atoms with Crippen molar-refractivity contribution in [1.29, 1.82) is 0 Å². The number of hydrogen-bond donors (Lipinski definition) is 2. The van der Waals surface area contributed by atoms with Gasteiger partial charge in [0.05, 0.1) is 19.4 Å². The average Bonchev–Trinajstić information content (AvgIpc) is 3.00. The normalized spacial score (nSPS) is 10.6. The summed E-state index contributed by atoms with van der Waals surface area (Å²) in [5, 5.41) is 5.49. The Morgan fingerprint density at radius 3 is 2.61 bits per heavy atom. The molecule has 0 saturated carbocycles. The molecule has 2 aromatic rings. The molecule has 0 saturated heterocycles. The van der Waals surface area contributed by atoms with Crippen molar-refractivity contribution < 1.29 is 14.0 Å². The minimum atomic E-state index is -0.550. The molecule has 0 bridgehead atoms. The highest BCUT2D eigenvalue weighted by Gasteiger charge is 2.11. The third-order valence-electron chi connectivity index (χ3n) is 3.04. The lowest BCUT2D eigenvalue weighted by molar-refractivity contribution is -0.120. The van der Waals surface area contributed by atoms with Crippen LogP contribution in [0.4, 0.5) is 4.79 Å². The van der Waals surface area contributed by atoms with E-state index >= 15 is 0 Å². The Kier molecular flexibility index (Phi) is 6.19. The molecule has 0 aliphatic heterocycles. The highest BCUT2D eigenvalue weighted by atomic mass is 35.5. The van der Waals surface area contributed by atoms with E-state index in [4.69, 9.17) is 16.0 Å².